The summed E-state index contributed by atoms with van der Waals surface area (Å²) in [5, 5.41) is 0. The van der Waals surface area contributed by atoms with Crippen LogP contribution in [0.5, 0.6) is 0 Å². The van der Waals surface area contributed by atoms with Crippen molar-refractivity contribution in [1.82, 2.24) is 9.29 Å². The number of alkyl halides is 3. The van der Waals surface area contributed by atoms with Gasteiger partial charge in [-0.3, -0.25) is 4.98 Å². The van der Waals surface area contributed by atoms with E-state index in [4.69, 9.17) is 0 Å². The monoisotopic (exact) mass is 411 g/mol. The maximum atomic E-state index is 13.3. The van der Waals surface area contributed by atoms with Crippen LogP contribution in [0.15, 0.2) is 53.7 Å². The van der Waals surface area contributed by atoms with Crippen LogP contribution < -0.4 is 4.90 Å². The zero-order valence-corrected chi connectivity index (χ0v) is 15.9. The smallest absolute Gasteiger partial charge is 0.370 e. The van der Waals surface area contributed by atoms with E-state index in [0.717, 1.165) is 30.8 Å². The van der Waals surface area contributed by atoms with Crippen molar-refractivity contribution in [3.8, 4) is 0 Å². The minimum Gasteiger partial charge on any atom is -0.370 e. The molecule has 2 aromatic rings. The molecule has 0 radical (unpaired) electrons. The highest BCUT2D eigenvalue weighted by molar-refractivity contribution is 7.89. The molecule has 0 amide bonds. The number of anilines is 1. The van der Waals surface area contributed by atoms with Crippen molar-refractivity contribution in [3.63, 3.8) is 0 Å². The second kappa shape index (κ2) is 6.73. The normalized spacial score (nSPS) is 23.6. The first-order chi connectivity index (χ1) is 13.2. The predicted molar refractivity (Wildman–Crippen MR) is 98.3 cm³/mol. The van der Waals surface area contributed by atoms with E-state index in [0.29, 0.717) is 13.0 Å². The van der Waals surface area contributed by atoms with Gasteiger partial charge in [-0.05, 0) is 37.1 Å². The van der Waals surface area contributed by atoms with E-state index in [1.807, 2.05) is 12.1 Å². The molecule has 2 fully saturated rings. The van der Waals surface area contributed by atoms with Gasteiger partial charge >= 0.3 is 6.18 Å². The lowest BCUT2D eigenvalue weighted by Gasteiger charge is -2.25. The number of sulfonamides is 1. The summed E-state index contributed by atoms with van der Waals surface area (Å²) in [5.74, 6) is 0. The van der Waals surface area contributed by atoms with Gasteiger partial charge in [0.05, 0.1) is 22.3 Å². The molecule has 0 N–H and O–H groups in total. The molecule has 3 heterocycles. The Hall–Kier alpha value is -2.13. The average Bonchev–Trinajstić information content (AvgIpc) is 3.29. The lowest BCUT2D eigenvalue weighted by atomic mass is 9.86. The molecule has 9 heteroatoms. The molecule has 0 saturated carbocycles. The standard InChI is InChI=1S/C19H20F3N3O2S/c20-19(21,22)16-5-1-2-6-17(16)28(26,27)25-11-8-18(14-25)7-10-24(13-18)15-4-3-9-23-12-15/h1-6,9,12H,7-8,10-11,13-14H2/t18-/m0/s1. The van der Waals surface area contributed by atoms with Crippen LogP contribution in [0.2, 0.25) is 0 Å². The van der Waals surface area contributed by atoms with Crippen LogP contribution in [0.4, 0.5) is 18.9 Å². The Morgan fingerprint density at radius 3 is 2.46 bits per heavy atom. The topological polar surface area (TPSA) is 53.5 Å². The Morgan fingerprint density at radius 1 is 1.00 bits per heavy atom. The second-order valence-electron chi connectivity index (χ2n) is 7.47. The van der Waals surface area contributed by atoms with E-state index in [9.17, 15) is 21.6 Å². The van der Waals surface area contributed by atoms with Crippen LogP contribution in [-0.4, -0.2) is 43.9 Å². The van der Waals surface area contributed by atoms with E-state index in [1.165, 1.54) is 16.4 Å². The summed E-state index contributed by atoms with van der Waals surface area (Å²) in [6.45, 7) is 1.91. The SMILES string of the molecule is O=S(=O)(c1ccccc1C(F)(F)F)N1CC[C@]2(CCN(c3cccnc3)C2)C1. The van der Waals surface area contributed by atoms with Crippen LogP contribution in [0.25, 0.3) is 0 Å². The molecular weight excluding hydrogens is 391 g/mol. The third-order valence-electron chi connectivity index (χ3n) is 5.66. The van der Waals surface area contributed by atoms with Gasteiger partial charge in [0.1, 0.15) is 0 Å². The van der Waals surface area contributed by atoms with Gasteiger partial charge < -0.3 is 4.90 Å². The third-order valence-corrected chi connectivity index (χ3v) is 7.57. The summed E-state index contributed by atoms with van der Waals surface area (Å²) in [6, 6.07) is 8.19. The lowest BCUT2D eigenvalue weighted by Crippen LogP contribution is -2.35. The van der Waals surface area contributed by atoms with Gasteiger partial charge in [-0.2, -0.15) is 17.5 Å². The van der Waals surface area contributed by atoms with Gasteiger partial charge in [-0.1, -0.05) is 12.1 Å². The second-order valence-corrected chi connectivity index (χ2v) is 9.37. The van der Waals surface area contributed by atoms with Crippen LogP contribution in [0.1, 0.15) is 18.4 Å². The maximum Gasteiger partial charge on any atom is 0.417 e. The average molecular weight is 411 g/mol. The minimum atomic E-state index is -4.72. The molecule has 2 saturated heterocycles. The Kier molecular flexibility index (Phi) is 4.62. The molecule has 2 aliphatic rings. The van der Waals surface area contributed by atoms with Gasteiger partial charge in [-0.15, -0.1) is 0 Å². The number of hydrogen-bond donors (Lipinski definition) is 0. The van der Waals surface area contributed by atoms with Crippen molar-refractivity contribution in [1.29, 1.82) is 0 Å². The van der Waals surface area contributed by atoms with Crippen molar-refractivity contribution >= 4 is 15.7 Å². The molecule has 150 valence electrons. The number of aromatic nitrogens is 1. The first-order valence-electron chi connectivity index (χ1n) is 9.03. The molecule has 1 spiro atoms. The van der Waals surface area contributed by atoms with Crippen molar-refractivity contribution in [2.75, 3.05) is 31.1 Å². The van der Waals surface area contributed by atoms with Crippen LogP contribution >= 0.6 is 0 Å². The predicted octanol–water partition coefficient (Wildman–Crippen LogP) is 3.39. The van der Waals surface area contributed by atoms with E-state index >= 15 is 0 Å². The summed E-state index contributed by atoms with van der Waals surface area (Å²) in [4.78, 5) is 5.61. The fourth-order valence-electron chi connectivity index (χ4n) is 4.19. The van der Waals surface area contributed by atoms with Crippen LogP contribution in [0, 0.1) is 5.41 Å². The maximum absolute atomic E-state index is 13.3. The summed E-state index contributed by atoms with van der Waals surface area (Å²) >= 11 is 0. The van der Waals surface area contributed by atoms with Crippen molar-refractivity contribution < 1.29 is 21.6 Å². The van der Waals surface area contributed by atoms with Crippen LogP contribution in [0.3, 0.4) is 0 Å². The first kappa shape index (κ1) is 19.2. The van der Waals surface area contributed by atoms with E-state index in [-0.39, 0.29) is 18.5 Å². The Balaban J connectivity index is 1.57. The van der Waals surface area contributed by atoms with Gasteiger partial charge in [-0.25, -0.2) is 8.42 Å². The molecule has 1 aromatic carbocycles. The van der Waals surface area contributed by atoms with Gasteiger partial charge in [0.25, 0.3) is 0 Å². The molecule has 5 nitrogen and oxygen atoms in total. The molecule has 0 aliphatic carbocycles. The molecule has 4 rings (SSSR count). The molecule has 1 aromatic heterocycles. The Morgan fingerprint density at radius 2 is 1.75 bits per heavy atom. The summed E-state index contributed by atoms with van der Waals surface area (Å²) < 4.78 is 67.1. The van der Waals surface area contributed by atoms with Gasteiger partial charge in [0.15, 0.2) is 0 Å². The van der Waals surface area contributed by atoms with Crippen molar-refractivity contribution in [3.05, 3.63) is 54.4 Å². The molecule has 2 aliphatic heterocycles. The molecule has 28 heavy (non-hydrogen) atoms. The molecular formula is C19H20F3N3O2S. The number of halogens is 3. The Labute approximate surface area is 161 Å². The summed E-state index contributed by atoms with van der Waals surface area (Å²) in [5.41, 5.74) is -0.377. The van der Waals surface area contributed by atoms with Gasteiger partial charge in [0.2, 0.25) is 10.0 Å². The molecule has 1 atom stereocenters. The fourth-order valence-corrected chi connectivity index (χ4v) is 5.96. The molecule has 0 bridgehead atoms. The number of pyridine rings is 1. The van der Waals surface area contributed by atoms with E-state index < -0.39 is 26.7 Å². The number of hydrogen-bond acceptors (Lipinski definition) is 4. The zero-order valence-electron chi connectivity index (χ0n) is 15.1. The Bertz CT molecular complexity index is 966. The lowest BCUT2D eigenvalue weighted by molar-refractivity contribution is -0.139. The van der Waals surface area contributed by atoms with Gasteiger partial charge in [0, 0.05) is 37.8 Å². The fraction of sp³-hybridized carbons (Fsp3) is 0.421. The van der Waals surface area contributed by atoms with Crippen molar-refractivity contribution in [2.24, 2.45) is 5.41 Å². The number of nitrogens with zero attached hydrogens (tertiary/aromatic N) is 3. The summed E-state index contributed by atoms with van der Waals surface area (Å²) in [7, 11) is -4.22. The first-order valence-corrected chi connectivity index (χ1v) is 10.5. The van der Waals surface area contributed by atoms with E-state index in [2.05, 4.69) is 9.88 Å². The summed E-state index contributed by atoms with van der Waals surface area (Å²) in [6.07, 6.45) is 0.178. The number of benzene rings is 1. The highest BCUT2D eigenvalue weighted by Crippen LogP contribution is 2.43. The van der Waals surface area contributed by atoms with E-state index in [1.54, 1.807) is 12.4 Å². The third kappa shape index (κ3) is 3.37. The highest BCUT2D eigenvalue weighted by atomic mass is 32.2. The number of rotatable bonds is 3. The van der Waals surface area contributed by atoms with Crippen molar-refractivity contribution in [2.45, 2.75) is 23.9 Å². The highest BCUT2D eigenvalue weighted by Gasteiger charge is 2.48. The minimum absolute atomic E-state index is 0.232. The quantitative estimate of drug-likeness (QED) is 0.777. The largest absolute Gasteiger partial charge is 0.417 e. The van der Waals surface area contributed by atoms with Crippen LogP contribution in [-0.2, 0) is 16.2 Å². The molecule has 0 unspecified atom stereocenters. The zero-order chi connectivity index (χ0) is 20.0.